The van der Waals surface area contributed by atoms with E-state index in [0.29, 0.717) is 35.9 Å². The second-order valence-electron chi connectivity index (χ2n) is 6.74. The number of aliphatic imine (C=N–C) groups is 1. The maximum atomic E-state index is 12.1. The van der Waals surface area contributed by atoms with Gasteiger partial charge in [-0.2, -0.15) is 0 Å². The van der Waals surface area contributed by atoms with Crippen molar-refractivity contribution in [3.05, 3.63) is 59.2 Å². The molecule has 0 saturated carbocycles. The summed E-state index contributed by atoms with van der Waals surface area (Å²) in [4.78, 5) is 18.2. The van der Waals surface area contributed by atoms with Crippen LogP contribution in [0, 0.1) is 0 Å². The number of nitrogens with one attached hydrogen (secondary N) is 2. The highest BCUT2D eigenvalue weighted by Crippen LogP contribution is 2.29. The average Bonchev–Trinajstić information content (AvgIpc) is 2.72. The molecule has 0 saturated heterocycles. The maximum Gasteiger partial charge on any atom is 0.253 e. The molecule has 0 radical (unpaired) electrons. The molecule has 7 nitrogen and oxygen atoms in total. The molecule has 1 amide bonds. The number of methoxy groups -OCH3 is 1. The lowest BCUT2D eigenvalue weighted by atomic mass is 10.1. The molecule has 0 fully saturated rings. The summed E-state index contributed by atoms with van der Waals surface area (Å²) in [6.07, 6.45) is 0.753. The van der Waals surface area contributed by atoms with Gasteiger partial charge in [-0.05, 0) is 37.1 Å². The first kappa shape index (κ1) is 22.1. The van der Waals surface area contributed by atoms with Gasteiger partial charge >= 0.3 is 0 Å². The number of guanidine groups is 1. The molecule has 2 rings (SSSR count). The quantitative estimate of drug-likeness (QED) is 0.470. The van der Waals surface area contributed by atoms with Crippen LogP contribution in [0.15, 0.2) is 47.5 Å². The third kappa shape index (κ3) is 6.41. The fourth-order valence-electron chi connectivity index (χ4n) is 2.81. The molecular weight excluding hydrogens is 368 g/mol. The second kappa shape index (κ2) is 10.9. The van der Waals surface area contributed by atoms with E-state index in [9.17, 15) is 9.90 Å². The van der Waals surface area contributed by atoms with E-state index in [1.165, 1.54) is 7.11 Å². The van der Waals surface area contributed by atoms with Crippen LogP contribution in [-0.4, -0.2) is 56.2 Å². The van der Waals surface area contributed by atoms with Crippen LogP contribution in [0.4, 0.5) is 0 Å². The third-order valence-electron chi connectivity index (χ3n) is 4.34. The lowest BCUT2D eigenvalue weighted by molar-refractivity contribution is 0.0827. The van der Waals surface area contributed by atoms with Crippen molar-refractivity contribution >= 4 is 11.9 Å². The van der Waals surface area contributed by atoms with Gasteiger partial charge in [0.15, 0.2) is 17.5 Å². The number of nitrogens with zero attached hydrogens (tertiary/aromatic N) is 2. The van der Waals surface area contributed by atoms with Crippen molar-refractivity contribution < 1.29 is 14.6 Å². The number of phenolic OH excluding ortho intramolecular Hbond substituents is 1. The predicted octanol–water partition coefficient (Wildman–Crippen LogP) is 2.40. The van der Waals surface area contributed by atoms with Crippen molar-refractivity contribution in [3.8, 4) is 11.5 Å². The number of carbonyl (C=O) groups is 1. The number of aromatic hydroxyl groups is 1. The smallest absolute Gasteiger partial charge is 0.253 e. The standard InChI is InChI=1S/C22H30N4O3/c1-5-23-22(25-15-18-10-7-11-19(29-4)20(18)27)24-13-12-16-8-6-9-17(14-16)21(28)26(2)3/h6-11,14,27H,5,12-13,15H2,1-4H3,(H2,23,24,25). The summed E-state index contributed by atoms with van der Waals surface area (Å²) >= 11 is 0. The molecule has 0 aliphatic rings. The van der Waals surface area contributed by atoms with Crippen molar-refractivity contribution in [2.24, 2.45) is 4.99 Å². The average molecular weight is 399 g/mol. The van der Waals surface area contributed by atoms with E-state index in [4.69, 9.17) is 4.74 Å². The number of hydrogen-bond acceptors (Lipinski definition) is 4. The van der Waals surface area contributed by atoms with E-state index < -0.39 is 0 Å². The van der Waals surface area contributed by atoms with Crippen molar-refractivity contribution in [2.75, 3.05) is 34.3 Å². The molecule has 156 valence electrons. The monoisotopic (exact) mass is 398 g/mol. The van der Waals surface area contributed by atoms with Crippen molar-refractivity contribution in [1.29, 1.82) is 0 Å². The van der Waals surface area contributed by atoms with Gasteiger partial charge in [0.05, 0.1) is 13.7 Å². The van der Waals surface area contributed by atoms with Crippen LogP contribution in [0.25, 0.3) is 0 Å². The van der Waals surface area contributed by atoms with Crippen LogP contribution in [0.1, 0.15) is 28.4 Å². The predicted molar refractivity (Wildman–Crippen MR) is 116 cm³/mol. The molecule has 2 aromatic rings. The number of amides is 1. The minimum Gasteiger partial charge on any atom is -0.504 e. The largest absolute Gasteiger partial charge is 0.504 e. The summed E-state index contributed by atoms with van der Waals surface area (Å²) in [5.41, 5.74) is 2.45. The number of ether oxygens (including phenoxy) is 1. The minimum absolute atomic E-state index is 0.00666. The van der Waals surface area contributed by atoms with Crippen LogP contribution in [0.2, 0.25) is 0 Å². The zero-order chi connectivity index (χ0) is 21.2. The first-order chi connectivity index (χ1) is 14.0. The topological polar surface area (TPSA) is 86.2 Å². The van der Waals surface area contributed by atoms with Crippen molar-refractivity contribution in [1.82, 2.24) is 15.5 Å². The van der Waals surface area contributed by atoms with E-state index >= 15 is 0 Å². The number of hydrogen-bond donors (Lipinski definition) is 3. The Morgan fingerprint density at radius 2 is 1.93 bits per heavy atom. The molecule has 0 aliphatic carbocycles. The Labute approximate surface area is 172 Å². The van der Waals surface area contributed by atoms with Crippen LogP contribution < -0.4 is 15.4 Å². The Morgan fingerprint density at radius 1 is 1.17 bits per heavy atom. The van der Waals surface area contributed by atoms with Gasteiger partial charge in [-0.25, -0.2) is 4.99 Å². The van der Waals surface area contributed by atoms with Crippen molar-refractivity contribution in [2.45, 2.75) is 19.9 Å². The van der Waals surface area contributed by atoms with Gasteiger partial charge < -0.3 is 25.4 Å². The zero-order valence-electron chi connectivity index (χ0n) is 17.5. The summed E-state index contributed by atoms with van der Waals surface area (Å²) in [7, 11) is 5.01. The Hall–Kier alpha value is -3.22. The fraction of sp³-hybridized carbons (Fsp3) is 0.364. The second-order valence-corrected chi connectivity index (χ2v) is 6.74. The zero-order valence-corrected chi connectivity index (χ0v) is 17.5. The Bertz CT molecular complexity index is 850. The Morgan fingerprint density at radius 3 is 2.62 bits per heavy atom. The number of carbonyl (C=O) groups excluding carboxylic acids is 1. The summed E-state index contributed by atoms with van der Waals surface area (Å²) in [5, 5.41) is 16.7. The molecule has 0 unspecified atom stereocenters. The molecule has 0 spiro atoms. The van der Waals surface area contributed by atoms with E-state index in [-0.39, 0.29) is 11.7 Å². The SMILES string of the molecule is CCNC(=NCc1cccc(OC)c1O)NCCc1cccc(C(=O)N(C)C)c1. The molecule has 0 heterocycles. The van der Waals surface area contributed by atoms with Gasteiger partial charge in [-0.1, -0.05) is 24.3 Å². The fourth-order valence-corrected chi connectivity index (χ4v) is 2.81. The van der Waals surface area contributed by atoms with Gasteiger partial charge in [0.1, 0.15) is 0 Å². The van der Waals surface area contributed by atoms with Gasteiger partial charge in [0.25, 0.3) is 5.91 Å². The summed E-state index contributed by atoms with van der Waals surface area (Å²) in [6.45, 7) is 3.71. The van der Waals surface area contributed by atoms with E-state index in [1.54, 1.807) is 25.1 Å². The van der Waals surface area contributed by atoms with Crippen LogP contribution in [0.5, 0.6) is 11.5 Å². The molecule has 7 heteroatoms. The first-order valence-corrected chi connectivity index (χ1v) is 9.63. The molecule has 3 N–H and O–H groups in total. The van der Waals surface area contributed by atoms with E-state index in [2.05, 4.69) is 15.6 Å². The third-order valence-corrected chi connectivity index (χ3v) is 4.34. The van der Waals surface area contributed by atoms with Crippen LogP contribution in [0.3, 0.4) is 0 Å². The molecule has 0 aromatic heterocycles. The Balaban J connectivity index is 1.98. The highest BCUT2D eigenvalue weighted by Gasteiger charge is 2.09. The minimum atomic E-state index is -0.00666. The van der Waals surface area contributed by atoms with Gasteiger partial charge in [0.2, 0.25) is 0 Å². The number of para-hydroxylation sites is 1. The molecular formula is C22H30N4O3. The molecule has 29 heavy (non-hydrogen) atoms. The molecule has 2 aromatic carbocycles. The van der Waals surface area contributed by atoms with Crippen LogP contribution in [-0.2, 0) is 13.0 Å². The van der Waals surface area contributed by atoms with E-state index in [0.717, 1.165) is 18.5 Å². The molecule has 0 atom stereocenters. The van der Waals surface area contributed by atoms with E-state index in [1.807, 2.05) is 43.3 Å². The van der Waals surface area contributed by atoms with Gasteiger partial charge in [-0.15, -0.1) is 0 Å². The lowest BCUT2D eigenvalue weighted by Gasteiger charge is -2.13. The first-order valence-electron chi connectivity index (χ1n) is 9.63. The highest BCUT2D eigenvalue weighted by atomic mass is 16.5. The normalized spacial score (nSPS) is 11.1. The highest BCUT2D eigenvalue weighted by molar-refractivity contribution is 5.94. The van der Waals surface area contributed by atoms with Crippen LogP contribution >= 0.6 is 0 Å². The maximum absolute atomic E-state index is 12.1. The van der Waals surface area contributed by atoms with Gasteiger partial charge in [0, 0.05) is 38.3 Å². The molecule has 0 aliphatic heterocycles. The summed E-state index contributed by atoms with van der Waals surface area (Å²) < 4.78 is 5.14. The summed E-state index contributed by atoms with van der Waals surface area (Å²) in [5.74, 6) is 1.20. The Kier molecular flexibility index (Phi) is 8.33. The number of rotatable bonds is 8. The van der Waals surface area contributed by atoms with Gasteiger partial charge in [-0.3, -0.25) is 4.79 Å². The summed E-state index contributed by atoms with van der Waals surface area (Å²) in [6, 6.07) is 13.0. The molecule has 0 bridgehead atoms. The lowest BCUT2D eigenvalue weighted by Crippen LogP contribution is -2.38. The van der Waals surface area contributed by atoms with Crippen molar-refractivity contribution in [3.63, 3.8) is 0 Å². The number of benzene rings is 2. The number of phenols is 1.